The number of nitrogens with two attached hydrogens (primary N) is 1. The normalized spacial score (nSPS) is 14.8. The summed E-state index contributed by atoms with van der Waals surface area (Å²) in [5, 5.41) is 0.587. The van der Waals surface area contributed by atoms with Crippen LogP contribution in [0.4, 0.5) is 10.1 Å². The molecule has 4 nitrogen and oxygen atoms in total. The molecule has 0 saturated heterocycles. The van der Waals surface area contributed by atoms with Gasteiger partial charge in [-0.1, -0.05) is 0 Å². The highest BCUT2D eigenvalue weighted by atomic mass is 19.1. The van der Waals surface area contributed by atoms with Gasteiger partial charge in [-0.2, -0.15) is 0 Å². The summed E-state index contributed by atoms with van der Waals surface area (Å²) in [5.74, 6) is 6.17. The van der Waals surface area contributed by atoms with E-state index < -0.39 is 0 Å². The van der Waals surface area contributed by atoms with Crippen molar-refractivity contribution in [2.75, 3.05) is 12.5 Å². The molecular weight excluding hydrogens is 233 g/mol. The van der Waals surface area contributed by atoms with Crippen LogP contribution in [0.15, 0.2) is 18.2 Å². The van der Waals surface area contributed by atoms with Crippen molar-refractivity contribution in [1.82, 2.24) is 4.98 Å². The number of rotatable bonds is 3. The molecule has 1 saturated carbocycles. The Bertz CT molecular complexity index is 611. The molecule has 3 N–H and O–H groups in total. The number of methoxy groups -OCH3 is 1. The average Bonchev–Trinajstić information content (AvgIpc) is 3.23. The highest BCUT2D eigenvalue weighted by Gasteiger charge is 2.27. The number of halogens is 1. The molecule has 0 unspecified atom stereocenters. The maximum atomic E-state index is 13.9. The first-order valence-corrected chi connectivity index (χ1v) is 5.88. The molecule has 0 amide bonds. The van der Waals surface area contributed by atoms with Gasteiger partial charge < -0.3 is 10.2 Å². The van der Waals surface area contributed by atoms with E-state index in [2.05, 4.69) is 10.4 Å². The number of aromatic nitrogens is 1. The molecule has 0 spiro atoms. The van der Waals surface area contributed by atoms with Gasteiger partial charge in [0.15, 0.2) is 0 Å². The van der Waals surface area contributed by atoms with Crippen LogP contribution in [-0.4, -0.2) is 12.1 Å². The Balaban J connectivity index is 2.33. The van der Waals surface area contributed by atoms with Gasteiger partial charge in [0, 0.05) is 11.6 Å². The van der Waals surface area contributed by atoms with Crippen LogP contribution in [0.25, 0.3) is 10.9 Å². The largest absolute Gasteiger partial charge is 0.496 e. The van der Waals surface area contributed by atoms with E-state index >= 15 is 0 Å². The van der Waals surface area contributed by atoms with Crippen molar-refractivity contribution in [3.8, 4) is 5.75 Å². The lowest BCUT2D eigenvalue weighted by Crippen LogP contribution is -2.09. The Morgan fingerprint density at radius 1 is 1.44 bits per heavy atom. The summed E-state index contributed by atoms with van der Waals surface area (Å²) in [4.78, 5) is 4.40. The number of hydrogen-bond acceptors (Lipinski definition) is 4. The fourth-order valence-electron chi connectivity index (χ4n) is 2.17. The predicted molar refractivity (Wildman–Crippen MR) is 68.0 cm³/mol. The topological polar surface area (TPSA) is 60.2 Å². The molecule has 0 aliphatic heterocycles. The monoisotopic (exact) mass is 247 g/mol. The molecular formula is C13H14FN3O. The van der Waals surface area contributed by atoms with Gasteiger partial charge in [-0.25, -0.2) is 9.37 Å². The van der Waals surface area contributed by atoms with E-state index in [4.69, 9.17) is 10.6 Å². The number of nitrogens with zero attached hydrogens (tertiary/aromatic N) is 1. The van der Waals surface area contributed by atoms with Gasteiger partial charge in [0.1, 0.15) is 17.1 Å². The summed E-state index contributed by atoms with van der Waals surface area (Å²) >= 11 is 0. The molecule has 1 aliphatic carbocycles. The maximum absolute atomic E-state index is 13.9. The van der Waals surface area contributed by atoms with E-state index in [-0.39, 0.29) is 5.82 Å². The van der Waals surface area contributed by atoms with Crippen LogP contribution in [0.5, 0.6) is 5.75 Å². The highest BCUT2D eigenvalue weighted by molar-refractivity contribution is 5.97. The number of hydrazine groups is 1. The van der Waals surface area contributed by atoms with Crippen LogP contribution in [-0.2, 0) is 0 Å². The Hall–Kier alpha value is -1.88. The second-order valence-corrected chi connectivity index (χ2v) is 4.49. The van der Waals surface area contributed by atoms with Crippen LogP contribution >= 0.6 is 0 Å². The number of benzene rings is 1. The van der Waals surface area contributed by atoms with Crippen LogP contribution in [0.3, 0.4) is 0 Å². The fourth-order valence-corrected chi connectivity index (χ4v) is 2.17. The van der Waals surface area contributed by atoms with E-state index in [9.17, 15) is 4.39 Å². The summed E-state index contributed by atoms with van der Waals surface area (Å²) in [7, 11) is 1.54. The van der Waals surface area contributed by atoms with E-state index in [1.165, 1.54) is 6.07 Å². The first kappa shape index (κ1) is 11.2. The molecule has 1 aromatic carbocycles. The molecule has 1 aromatic heterocycles. The van der Waals surface area contributed by atoms with Gasteiger partial charge in [0.2, 0.25) is 0 Å². The molecule has 5 heteroatoms. The minimum atomic E-state index is -0.357. The first-order chi connectivity index (χ1) is 8.74. The quantitative estimate of drug-likeness (QED) is 0.646. The fraction of sp³-hybridized carbons (Fsp3) is 0.308. The Morgan fingerprint density at radius 2 is 2.22 bits per heavy atom. The lowest BCUT2D eigenvalue weighted by molar-refractivity contribution is 0.419. The third kappa shape index (κ3) is 1.67. The highest BCUT2D eigenvalue weighted by Crippen LogP contribution is 2.42. The summed E-state index contributed by atoms with van der Waals surface area (Å²) in [6.45, 7) is 0. The number of nitrogens with one attached hydrogen (secondary N) is 1. The smallest absolute Gasteiger partial charge is 0.149 e. The zero-order chi connectivity index (χ0) is 12.7. The van der Waals surface area contributed by atoms with E-state index in [1.807, 2.05) is 6.07 Å². The maximum Gasteiger partial charge on any atom is 0.149 e. The zero-order valence-corrected chi connectivity index (χ0v) is 10.0. The summed E-state index contributed by atoms with van der Waals surface area (Å²) in [5.41, 5.74) is 4.46. The lowest BCUT2D eigenvalue weighted by Gasteiger charge is -2.12. The van der Waals surface area contributed by atoms with E-state index in [1.54, 1.807) is 13.2 Å². The van der Waals surface area contributed by atoms with Gasteiger partial charge in [0.25, 0.3) is 0 Å². The lowest BCUT2D eigenvalue weighted by atomic mass is 10.1. The molecule has 2 aromatic rings. The van der Waals surface area contributed by atoms with Crippen molar-refractivity contribution in [3.63, 3.8) is 0 Å². The first-order valence-electron chi connectivity index (χ1n) is 5.88. The number of ether oxygens (including phenoxy) is 1. The number of anilines is 1. The molecule has 0 atom stereocenters. The second kappa shape index (κ2) is 4.10. The number of pyridine rings is 1. The Morgan fingerprint density at radius 3 is 2.83 bits per heavy atom. The van der Waals surface area contributed by atoms with Gasteiger partial charge >= 0.3 is 0 Å². The third-order valence-corrected chi connectivity index (χ3v) is 3.26. The van der Waals surface area contributed by atoms with Crippen molar-refractivity contribution < 1.29 is 9.13 Å². The van der Waals surface area contributed by atoms with Crippen molar-refractivity contribution >= 4 is 16.6 Å². The van der Waals surface area contributed by atoms with Gasteiger partial charge in [0.05, 0.1) is 18.2 Å². The third-order valence-electron chi connectivity index (χ3n) is 3.26. The van der Waals surface area contributed by atoms with Crippen LogP contribution in [0.1, 0.15) is 24.5 Å². The minimum absolute atomic E-state index is 0.312. The van der Waals surface area contributed by atoms with E-state index in [0.717, 1.165) is 18.5 Å². The Labute approximate surface area is 104 Å². The number of fused-ring (bicyclic) bond motifs is 1. The average molecular weight is 247 g/mol. The molecule has 0 bridgehead atoms. The minimum Gasteiger partial charge on any atom is -0.496 e. The number of hydrogen-bond donors (Lipinski definition) is 2. The summed E-state index contributed by atoms with van der Waals surface area (Å²) < 4.78 is 19.1. The van der Waals surface area contributed by atoms with Crippen molar-refractivity contribution in [1.29, 1.82) is 0 Å². The second-order valence-electron chi connectivity index (χ2n) is 4.49. The van der Waals surface area contributed by atoms with Gasteiger partial charge in [-0.05, 0) is 31.0 Å². The zero-order valence-electron chi connectivity index (χ0n) is 10.0. The number of nitrogen functional groups attached to an aromatic ring is 1. The SMILES string of the molecule is COc1ccc(F)c2nc(C3CC3)cc(NN)c12. The Kier molecular flexibility index (Phi) is 2.56. The molecule has 0 radical (unpaired) electrons. The van der Waals surface area contributed by atoms with Crippen LogP contribution in [0.2, 0.25) is 0 Å². The predicted octanol–water partition coefficient (Wildman–Crippen LogP) is 2.55. The van der Waals surface area contributed by atoms with Crippen molar-refractivity contribution in [3.05, 3.63) is 29.7 Å². The molecule has 3 rings (SSSR count). The van der Waals surface area contributed by atoms with Crippen molar-refractivity contribution in [2.45, 2.75) is 18.8 Å². The summed E-state index contributed by atoms with van der Waals surface area (Å²) in [6, 6.07) is 4.82. The molecule has 1 heterocycles. The van der Waals surface area contributed by atoms with E-state index in [0.29, 0.717) is 28.3 Å². The van der Waals surface area contributed by atoms with Gasteiger partial charge in [-0.15, -0.1) is 0 Å². The van der Waals surface area contributed by atoms with Crippen LogP contribution in [0, 0.1) is 5.82 Å². The van der Waals surface area contributed by atoms with Crippen LogP contribution < -0.4 is 16.0 Å². The molecule has 18 heavy (non-hydrogen) atoms. The molecule has 94 valence electrons. The molecule has 1 fully saturated rings. The standard InChI is InChI=1S/C13H14FN3O/c1-18-11-5-4-8(14)13-12(11)10(17-15)6-9(16-13)7-2-3-7/h4-7H,2-3,15H2,1H3,(H,16,17). The summed E-state index contributed by atoms with van der Waals surface area (Å²) in [6.07, 6.45) is 2.21. The molecule has 1 aliphatic rings. The van der Waals surface area contributed by atoms with Crippen molar-refractivity contribution in [2.24, 2.45) is 5.84 Å². The van der Waals surface area contributed by atoms with Gasteiger partial charge in [-0.3, -0.25) is 5.84 Å².